The summed E-state index contributed by atoms with van der Waals surface area (Å²) in [6, 6.07) is 0. The van der Waals surface area contributed by atoms with Crippen LogP contribution < -0.4 is 11.1 Å². The van der Waals surface area contributed by atoms with Gasteiger partial charge in [-0.25, -0.2) is 4.39 Å². The largest absolute Gasteiger partial charge is 0.379 e. The Bertz CT molecular complexity index is 265. The first-order valence-electron chi connectivity index (χ1n) is 6.84. The zero-order chi connectivity index (χ0) is 15.4. The Morgan fingerprint density at radius 2 is 1.95 bits per heavy atom. The first-order valence-corrected chi connectivity index (χ1v) is 6.84. The number of rotatable bonds is 12. The number of ether oxygens (including phenoxy) is 3. The van der Waals surface area contributed by atoms with Crippen molar-refractivity contribution in [3.05, 3.63) is 0 Å². The zero-order valence-electron chi connectivity index (χ0n) is 12.6. The molecule has 7 heteroatoms. The highest BCUT2D eigenvalue weighted by molar-refractivity contribution is 5.77. The summed E-state index contributed by atoms with van der Waals surface area (Å²) >= 11 is 0. The number of amides is 1. The van der Waals surface area contributed by atoms with Crippen LogP contribution in [0.2, 0.25) is 0 Å². The fourth-order valence-corrected chi connectivity index (χ4v) is 1.30. The van der Waals surface area contributed by atoms with Crippen LogP contribution in [0.5, 0.6) is 0 Å². The molecule has 0 fully saturated rings. The lowest BCUT2D eigenvalue weighted by Gasteiger charge is -2.27. The maximum Gasteiger partial charge on any atom is 0.246 e. The molecule has 0 spiro atoms. The van der Waals surface area contributed by atoms with Gasteiger partial charge in [-0.15, -0.1) is 0 Å². The minimum Gasteiger partial charge on any atom is -0.379 e. The second kappa shape index (κ2) is 11.0. The van der Waals surface area contributed by atoms with Gasteiger partial charge in [0.15, 0.2) is 0 Å². The van der Waals surface area contributed by atoms with Crippen LogP contribution in [0.1, 0.15) is 20.8 Å². The average molecular weight is 294 g/mol. The van der Waals surface area contributed by atoms with E-state index in [2.05, 4.69) is 5.32 Å². The minimum atomic E-state index is -1.31. The molecule has 0 heterocycles. The first kappa shape index (κ1) is 19.2. The van der Waals surface area contributed by atoms with Crippen molar-refractivity contribution in [2.45, 2.75) is 32.5 Å². The Morgan fingerprint density at radius 3 is 2.55 bits per heavy atom. The molecule has 0 bridgehead atoms. The SMILES string of the molecule is CCOCCOCCNC(=O)COC(C)(C)C(F)CN. The van der Waals surface area contributed by atoms with Gasteiger partial charge in [0.05, 0.1) is 25.4 Å². The summed E-state index contributed by atoms with van der Waals surface area (Å²) < 4.78 is 28.9. The molecule has 0 radical (unpaired) electrons. The highest BCUT2D eigenvalue weighted by Gasteiger charge is 2.29. The van der Waals surface area contributed by atoms with Gasteiger partial charge in [0, 0.05) is 19.7 Å². The van der Waals surface area contributed by atoms with Crippen molar-refractivity contribution >= 4 is 5.91 Å². The van der Waals surface area contributed by atoms with Crippen LogP contribution in [0, 0.1) is 0 Å². The third kappa shape index (κ3) is 9.19. The van der Waals surface area contributed by atoms with Crippen molar-refractivity contribution in [1.29, 1.82) is 0 Å². The summed E-state index contributed by atoms with van der Waals surface area (Å²) in [6.45, 7) is 7.17. The lowest BCUT2D eigenvalue weighted by Crippen LogP contribution is -2.43. The number of hydrogen-bond acceptors (Lipinski definition) is 5. The molecule has 0 rings (SSSR count). The lowest BCUT2D eigenvalue weighted by atomic mass is 10.0. The van der Waals surface area contributed by atoms with Crippen molar-refractivity contribution in [3.8, 4) is 0 Å². The van der Waals surface area contributed by atoms with Gasteiger partial charge in [0.2, 0.25) is 5.91 Å². The van der Waals surface area contributed by atoms with Crippen molar-refractivity contribution in [3.63, 3.8) is 0 Å². The maximum absolute atomic E-state index is 13.4. The summed E-state index contributed by atoms with van der Waals surface area (Å²) in [5, 5.41) is 2.62. The molecule has 3 N–H and O–H groups in total. The van der Waals surface area contributed by atoms with Crippen LogP contribution in [0.4, 0.5) is 4.39 Å². The van der Waals surface area contributed by atoms with E-state index in [0.29, 0.717) is 33.0 Å². The van der Waals surface area contributed by atoms with Crippen LogP contribution >= 0.6 is 0 Å². The van der Waals surface area contributed by atoms with Crippen LogP contribution in [-0.4, -0.2) is 63.8 Å². The van der Waals surface area contributed by atoms with E-state index in [4.69, 9.17) is 19.9 Å². The van der Waals surface area contributed by atoms with E-state index in [0.717, 1.165) is 0 Å². The van der Waals surface area contributed by atoms with Gasteiger partial charge in [0.25, 0.3) is 0 Å². The summed E-state index contributed by atoms with van der Waals surface area (Å²) in [7, 11) is 0. The Morgan fingerprint density at radius 1 is 1.30 bits per heavy atom. The lowest BCUT2D eigenvalue weighted by molar-refractivity contribution is -0.135. The fourth-order valence-electron chi connectivity index (χ4n) is 1.30. The van der Waals surface area contributed by atoms with E-state index in [1.807, 2.05) is 6.92 Å². The molecule has 0 saturated carbocycles. The van der Waals surface area contributed by atoms with Crippen molar-refractivity contribution in [2.75, 3.05) is 46.1 Å². The second-order valence-corrected chi connectivity index (χ2v) is 4.75. The highest BCUT2D eigenvalue weighted by Crippen LogP contribution is 2.16. The molecule has 20 heavy (non-hydrogen) atoms. The van der Waals surface area contributed by atoms with E-state index < -0.39 is 11.8 Å². The Balaban J connectivity index is 3.59. The maximum atomic E-state index is 13.4. The quantitative estimate of drug-likeness (QED) is 0.504. The zero-order valence-corrected chi connectivity index (χ0v) is 12.6. The van der Waals surface area contributed by atoms with Gasteiger partial charge < -0.3 is 25.3 Å². The van der Waals surface area contributed by atoms with E-state index in [1.54, 1.807) is 13.8 Å². The summed E-state index contributed by atoms with van der Waals surface area (Å²) in [6.07, 6.45) is -1.31. The highest BCUT2D eigenvalue weighted by atomic mass is 19.1. The predicted molar refractivity (Wildman–Crippen MR) is 74.3 cm³/mol. The van der Waals surface area contributed by atoms with Gasteiger partial charge in [-0.2, -0.15) is 0 Å². The summed E-state index contributed by atoms with van der Waals surface area (Å²) in [5.74, 6) is -0.310. The number of nitrogens with one attached hydrogen (secondary N) is 1. The average Bonchev–Trinajstić information content (AvgIpc) is 2.43. The fraction of sp³-hybridized carbons (Fsp3) is 0.923. The minimum absolute atomic E-state index is 0.137. The molecule has 0 aromatic carbocycles. The van der Waals surface area contributed by atoms with Gasteiger partial charge in [-0.3, -0.25) is 4.79 Å². The van der Waals surface area contributed by atoms with E-state index in [9.17, 15) is 9.18 Å². The number of hydrogen-bond donors (Lipinski definition) is 2. The molecule has 0 aliphatic heterocycles. The molecule has 120 valence electrons. The number of carbonyl (C=O) groups is 1. The van der Waals surface area contributed by atoms with Crippen LogP contribution in [0.3, 0.4) is 0 Å². The van der Waals surface area contributed by atoms with Crippen molar-refractivity contribution < 1.29 is 23.4 Å². The topological polar surface area (TPSA) is 82.8 Å². The molecule has 0 aliphatic rings. The molecule has 0 aromatic rings. The molecule has 0 saturated heterocycles. The van der Waals surface area contributed by atoms with E-state index >= 15 is 0 Å². The van der Waals surface area contributed by atoms with Crippen LogP contribution in [-0.2, 0) is 19.0 Å². The van der Waals surface area contributed by atoms with Crippen molar-refractivity contribution in [1.82, 2.24) is 5.32 Å². The molecule has 6 nitrogen and oxygen atoms in total. The molecule has 1 amide bonds. The van der Waals surface area contributed by atoms with Crippen molar-refractivity contribution in [2.24, 2.45) is 5.73 Å². The number of alkyl halides is 1. The Kier molecular flexibility index (Phi) is 10.5. The number of carbonyl (C=O) groups excluding carboxylic acids is 1. The molecular weight excluding hydrogens is 267 g/mol. The molecule has 1 atom stereocenters. The number of nitrogens with two attached hydrogens (primary N) is 1. The third-order valence-corrected chi connectivity index (χ3v) is 2.68. The molecule has 0 aliphatic carbocycles. The van der Waals surface area contributed by atoms with Crippen LogP contribution in [0.15, 0.2) is 0 Å². The summed E-state index contributed by atoms with van der Waals surface area (Å²) in [5.41, 5.74) is 4.16. The van der Waals surface area contributed by atoms with Gasteiger partial charge in [0.1, 0.15) is 12.8 Å². The smallest absolute Gasteiger partial charge is 0.246 e. The molecule has 1 unspecified atom stereocenters. The Hall–Kier alpha value is -0.760. The predicted octanol–water partition coefficient (Wildman–Crippen LogP) is 0.248. The van der Waals surface area contributed by atoms with Gasteiger partial charge in [-0.1, -0.05) is 0 Å². The van der Waals surface area contributed by atoms with E-state index in [1.165, 1.54) is 0 Å². The molecular formula is C13H27FN2O4. The van der Waals surface area contributed by atoms with Gasteiger partial charge in [-0.05, 0) is 20.8 Å². The second-order valence-electron chi connectivity index (χ2n) is 4.75. The van der Waals surface area contributed by atoms with Gasteiger partial charge >= 0.3 is 0 Å². The number of halogens is 1. The normalized spacial score (nSPS) is 13.2. The summed E-state index contributed by atoms with van der Waals surface area (Å²) in [4.78, 5) is 11.5. The first-order chi connectivity index (χ1) is 9.44. The Labute approximate surface area is 120 Å². The van der Waals surface area contributed by atoms with E-state index in [-0.39, 0.29) is 19.1 Å². The third-order valence-electron chi connectivity index (χ3n) is 2.68. The molecule has 0 aromatic heterocycles. The standard InChI is InChI=1S/C13H27FN2O4/c1-4-18-7-8-19-6-5-16-12(17)10-20-13(2,3)11(14)9-15/h11H,4-10,15H2,1-3H3,(H,16,17). The van der Waals surface area contributed by atoms with Crippen LogP contribution in [0.25, 0.3) is 0 Å². The monoisotopic (exact) mass is 294 g/mol.